The van der Waals surface area contributed by atoms with Crippen LogP contribution in [-0.4, -0.2) is 87.4 Å². The molecule has 0 aromatic heterocycles. The van der Waals surface area contributed by atoms with Gasteiger partial charge in [-0.1, -0.05) is 66.2 Å². The van der Waals surface area contributed by atoms with Crippen molar-refractivity contribution in [3.05, 3.63) is 0 Å². The molecule has 328 valence electrons. The topological polar surface area (TPSA) is 126 Å². The summed E-state index contributed by atoms with van der Waals surface area (Å²) in [6.07, 6.45) is 25.6. The van der Waals surface area contributed by atoms with Crippen molar-refractivity contribution < 1.29 is 19.0 Å². The smallest absolute Gasteiger partial charge is 0.222 e. The molecule has 8 nitrogen and oxygen atoms in total. The highest BCUT2D eigenvalue weighted by atomic mass is 32.1. The molecule has 4 aliphatic rings. The third-order valence-corrected chi connectivity index (χ3v) is 16.1. The minimum absolute atomic E-state index is 0.0946. The van der Waals surface area contributed by atoms with Gasteiger partial charge in [0.15, 0.2) is 0 Å². The molecule has 4 aliphatic carbocycles. The highest BCUT2D eigenvalue weighted by Gasteiger charge is 2.66. The number of unbranched alkanes of at least 4 members (excludes halogenated alkanes) is 7. The zero-order valence-electron chi connectivity index (χ0n) is 36.9. The molecule has 0 heterocycles. The second kappa shape index (κ2) is 25.4. The quantitative estimate of drug-likeness (QED) is 0.0439. The number of nitrogens with zero attached hydrogens (tertiary/aromatic N) is 1. The van der Waals surface area contributed by atoms with Crippen LogP contribution in [0.3, 0.4) is 0 Å². The summed E-state index contributed by atoms with van der Waals surface area (Å²) in [6.45, 7) is 16.2. The van der Waals surface area contributed by atoms with Gasteiger partial charge in [-0.25, -0.2) is 0 Å². The molecular formula is C47H90N4O4S. The van der Waals surface area contributed by atoms with Crippen LogP contribution in [0.15, 0.2) is 0 Å². The van der Waals surface area contributed by atoms with Crippen molar-refractivity contribution in [3.63, 3.8) is 0 Å². The highest BCUT2D eigenvalue weighted by molar-refractivity contribution is 7.80. The normalized spacial score (nSPS) is 33.1. The standard InChI is InChI=1S/C47H90N4O4S/c1-5-6-7-8-9-12-27-51(44(52)19-11-10-13-32-56)28-14-18-36(2)39-20-21-40-45-41(35-43(47(39,40)4)55-31-17-26-50)46(3)23-22-38(53-29-15-24-48)33-37(46)34-42(45)54-30-16-25-49/h36-43,45,56H,5-35,48-50H2,1-4H3/t36-,37?,38-,39-,40+,41+,42-,43+,45?,46?,47-/m1/s1. The highest BCUT2D eigenvalue weighted by Crippen LogP contribution is 2.69. The molecule has 0 aromatic rings. The lowest BCUT2D eigenvalue weighted by Gasteiger charge is -2.65. The lowest BCUT2D eigenvalue weighted by Crippen LogP contribution is -2.63. The SMILES string of the molecule is CCCCCCCCN(CCC[C@@H](C)[C@H]1CC[C@H]2C3[C@H](OCCCN)CC4C[C@H](OCCCN)CCC4(C)[C@H]3C[C@H](OCCCN)[C@]12C)C(=O)CCCCCS. The molecule has 56 heavy (non-hydrogen) atoms. The average molecular weight is 807 g/mol. The summed E-state index contributed by atoms with van der Waals surface area (Å²) in [7, 11) is 0. The fourth-order valence-electron chi connectivity index (χ4n) is 12.6. The Morgan fingerprint density at radius 3 is 2.12 bits per heavy atom. The van der Waals surface area contributed by atoms with E-state index in [0.29, 0.717) is 73.6 Å². The Balaban J connectivity index is 1.50. The molecule has 4 fully saturated rings. The van der Waals surface area contributed by atoms with Gasteiger partial charge in [-0.3, -0.25) is 4.79 Å². The van der Waals surface area contributed by atoms with Crippen LogP contribution < -0.4 is 17.2 Å². The Hall–Kier alpha value is -0.420. The fourth-order valence-corrected chi connectivity index (χ4v) is 12.8. The number of amides is 1. The summed E-state index contributed by atoms with van der Waals surface area (Å²) in [6, 6.07) is 0. The van der Waals surface area contributed by atoms with E-state index in [4.69, 9.17) is 31.4 Å². The van der Waals surface area contributed by atoms with Crippen molar-refractivity contribution >= 4 is 18.5 Å². The second-order valence-electron chi connectivity index (χ2n) is 19.3. The molecular weight excluding hydrogens is 717 g/mol. The minimum atomic E-state index is 0.0946. The third-order valence-electron chi connectivity index (χ3n) is 15.8. The van der Waals surface area contributed by atoms with E-state index in [0.717, 1.165) is 122 Å². The number of hydrogen-bond acceptors (Lipinski definition) is 8. The van der Waals surface area contributed by atoms with Crippen LogP contribution in [0.1, 0.15) is 169 Å². The second-order valence-corrected chi connectivity index (χ2v) is 19.7. The Labute approximate surface area is 350 Å². The maximum Gasteiger partial charge on any atom is 0.222 e. The average Bonchev–Trinajstić information content (AvgIpc) is 3.55. The van der Waals surface area contributed by atoms with Gasteiger partial charge in [0, 0.05) is 44.7 Å². The molecule has 0 aliphatic heterocycles. The van der Waals surface area contributed by atoms with Crippen LogP contribution in [0.4, 0.5) is 0 Å². The van der Waals surface area contributed by atoms with Crippen molar-refractivity contribution in [3.8, 4) is 0 Å². The van der Waals surface area contributed by atoms with E-state index in [9.17, 15) is 4.79 Å². The van der Waals surface area contributed by atoms with Crippen molar-refractivity contribution in [1.82, 2.24) is 4.90 Å². The summed E-state index contributed by atoms with van der Waals surface area (Å²) in [5.41, 5.74) is 18.2. The summed E-state index contributed by atoms with van der Waals surface area (Å²) in [5.74, 6) is 4.76. The molecule has 0 spiro atoms. The van der Waals surface area contributed by atoms with Gasteiger partial charge in [0.25, 0.3) is 0 Å². The summed E-state index contributed by atoms with van der Waals surface area (Å²) in [4.78, 5) is 15.8. The molecule has 0 radical (unpaired) electrons. The molecule has 4 saturated carbocycles. The summed E-state index contributed by atoms with van der Waals surface area (Å²) >= 11 is 4.39. The molecule has 0 aromatic carbocycles. The monoisotopic (exact) mass is 807 g/mol. The lowest BCUT2D eigenvalue weighted by atomic mass is 9.43. The molecule has 0 saturated heterocycles. The number of hydrogen-bond donors (Lipinski definition) is 4. The maximum atomic E-state index is 13.5. The van der Waals surface area contributed by atoms with Gasteiger partial charge < -0.3 is 36.3 Å². The van der Waals surface area contributed by atoms with Crippen LogP contribution in [0, 0.1) is 46.3 Å². The first-order valence-corrected chi connectivity index (χ1v) is 24.7. The number of carbonyl (C=O) groups is 1. The number of rotatable bonds is 29. The van der Waals surface area contributed by atoms with Crippen molar-refractivity contribution in [1.29, 1.82) is 0 Å². The van der Waals surface area contributed by atoms with Gasteiger partial charge in [0.1, 0.15) is 0 Å². The van der Waals surface area contributed by atoms with Gasteiger partial charge in [0.05, 0.1) is 18.3 Å². The molecule has 4 rings (SSSR count). The molecule has 6 N–H and O–H groups in total. The van der Waals surface area contributed by atoms with Crippen LogP contribution in [0.2, 0.25) is 0 Å². The van der Waals surface area contributed by atoms with Gasteiger partial charge in [0.2, 0.25) is 5.91 Å². The van der Waals surface area contributed by atoms with E-state index in [1.807, 2.05) is 0 Å². The summed E-state index contributed by atoms with van der Waals surface area (Å²) in [5, 5.41) is 0. The zero-order chi connectivity index (χ0) is 40.4. The van der Waals surface area contributed by atoms with Gasteiger partial charge in [-0.15, -0.1) is 0 Å². The van der Waals surface area contributed by atoms with Gasteiger partial charge >= 0.3 is 0 Å². The van der Waals surface area contributed by atoms with E-state index in [2.05, 4.69) is 45.2 Å². The number of thiol groups is 1. The van der Waals surface area contributed by atoms with Crippen molar-refractivity contribution in [2.75, 3.05) is 58.3 Å². The first-order valence-electron chi connectivity index (χ1n) is 24.0. The molecule has 3 unspecified atom stereocenters. The minimum Gasteiger partial charge on any atom is -0.378 e. The molecule has 0 bridgehead atoms. The van der Waals surface area contributed by atoms with E-state index in [1.54, 1.807) is 0 Å². The predicted octanol–water partition coefficient (Wildman–Crippen LogP) is 9.16. The first kappa shape index (κ1) is 48.2. The molecule has 11 atom stereocenters. The lowest BCUT2D eigenvalue weighted by molar-refractivity contribution is -0.227. The van der Waals surface area contributed by atoms with Crippen LogP contribution in [0.5, 0.6) is 0 Å². The Bertz CT molecular complexity index is 1090. The van der Waals surface area contributed by atoms with E-state index >= 15 is 0 Å². The summed E-state index contributed by atoms with van der Waals surface area (Å²) < 4.78 is 20.5. The van der Waals surface area contributed by atoms with Gasteiger partial charge in [-0.05, 0) is 163 Å². The van der Waals surface area contributed by atoms with Crippen molar-refractivity contribution in [2.45, 2.75) is 187 Å². The van der Waals surface area contributed by atoms with Crippen LogP contribution >= 0.6 is 12.6 Å². The Kier molecular flexibility index (Phi) is 21.9. The third kappa shape index (κ3) is 12.8. The van der Waals surface area contributed by atoms with E-state index in [1.165, 1.54) is 51.4 Å². The number of fused-ring (bicyclic) bond motifs is 5. The predicted molar refractivity (Wildman–Crippen MR) is 237 cm³/mol. The fraction of sp³-hybridized carbons (Fsp3) is 0.979. The Morgan fingerprint density at radius 2 is 1.41 bits per heavy atom. The van der Waals surface area contributed by atoms with Crippen molar-refractivity contribution in [2.24, 2.45) is 63.5 Å². The van der Waals surface area contributed by atoms with E-state index in [-0.39, 0.29) is 23.0 Å². The first-order chi connectivity index (χ1) is 27.2. The maximum absolute atomic E-state index is 13.5. The largest absolute Gasteiger partial charge is 0.378 e. The number of nitrogens with two attached hydrogens (primary N) is 3. The molecule has 1 amide bonds. The zero-order valence-corrected chi connectivity index (χ0v) is 37.8. The van der Waals surface area contributed by atoms with Gasteiger partial charge in [-0.2, -0.15) is 12.6 Å². The molecule has 9 heteroatoms. The van der Waals surface area contributed by atoms with Crippen LogP contribution in [-0.2, 0) is 19.0 Å². The van der Waals surface area contributed by atoms with E-state index < -0.39 is 0 Å². The van der Waals surface area contributed by atoms with Crippen LogP contribution in [0.25, 0.3) is 0 Å². The Morgan fingerprint density at radius 1 is 0.750 bits per heavy atom. The number of ether oxygens (including phenoxy) is 3. The number of carbonyl (C=O) groups excluding carboxylic acids is 1.